The highest BCUT2D eigenvalue weighted by atomic mass is 16.5. The van der Waals surface area contributed by atoms with Crippen molar-refractivity contribution >= 4 is 0 Å². The van der Waals surface area contributed by atoms with E-state index >= 15 is 0 Å². The molecule has 1 spiro atoms. The van der Waals surface area contributed by atoms with E-state index < -0.39 is 6.10 Å². The summed E-state index contributed by atoms with van der Waals surface area (Å²) in [4.78, 5) is 0. The predicted octanol–water partition coefficient (Wildman–Crippen LogP) is 1.90. The Kier molecular flexibility index (Phi) is 2.69. The van der Waals surface area contributed by atoms with Crippen molar-refractivity contribution < 1.29 is 19.4 Å². The first-order chi connectivity index (χ1) is 11.5. The average Bonchev–Trinajstić information content (AvgIpc) is 2.91. The molecule has 1 saturated heterocycles. The van der Waals surface area contributed by atoms with Crippen LogP contribution in [-0.4, -0.2) is 53.1 Å². The number of hydrogen-bond acceptors (Lipinski definition) is 3. The van der Waals surface area contributed by atoms with Gasteiger partial charge >= 0.3 is 0 Å². The van der Waals surface area contributed by atoms with Gasteiger partial charge < -0.3 is 19.4 Å². The number of ether oxygens (including phenoxy) is 1. The number of likely N-dealkylation sites (N-methyl/N-ethyl adjacent to an activating group) is 1. The Morgan fingerprint density at radius 1 is 1.42 bits per heavy atom. The van der Waals surface area contributed by atoms with Gasteiger partial charge in [-0.1, -0.05) is 24.8 Å². The highest BCUT2D eigenvalue weighted by Crippen LogP contribution is 2.63. The summed E-state index contributed by atoms with van der Waals surface area (Å²) < 4.78 is 7.16. The van der Waals surface area contributed by atoms with Crippen molar-refractivity contribution in [1.29, 1.82) is 0 Å². The molecule has 0 radical (unpaired) electrons. The Hall–Kier alpha value is -1.78. The SMILES string of the molecule is C=CC[N+]1(C)CC[C@@]23c4c5ccc(O)c4OC2[C@H](O)C=CC3C1C5. The van der Waals surface area contributed by atoms with Crippen LogP contribution in [0.2, 0.25) is 0 Å². The molecule has 1 aromatic rings. The smallest absolute Gasteiger partial charge is 0.165 e. The van der Waals surface area contributed by atoms with Gasteiger partial charge in [0.25, 0.3) is 0 Å². The topological polar surface area (TPSA) is 49.7 Å². The average molecular weight is 326 g/mol. The van der Waals surface area contributed by atoms with Gasteiger partial charge in [0.05, 0.1) is 25.6 Å². The van der Waals surface area contributed by atoms with Crippen LogP contribution in [0.1, 0.15) is 17.5 Å². The molecule has 0 saturated carbocycles. The number of phenols is 1. The van der Waals surface area contributed by atoms with Gasteiger partial charge in [-0.15, -0.1) is 0 Å². The third kappa shape index (κ3) is 1.47. The number of benzene rings is 1. The first-order valence-corrected chi connectivity index (χ1v) is 8.85. The van der Waals surface area contributed by atoms with Crippen LogP contribution < -0.4 is 4.74 Å². The van der Waals surface area contributed by atoms with Crippen molar-refractivity contribution in [2.75, 3.05) is 20.1 Å². The van der Waals surface area contributed by atoms with Crippen LogP contribution in [0.4, 0.5) is 0 Å². The lowest BCUT2D eigenvalue weighted by Gasteiger charge is -2.59. The fraction of sp³-hybridized carbons (Fsp3) is 0.500. The number of nitrogens with zero attached hydrogens (tertiary/aromatic N) is 1. The highest BCUT2D eigenvalue weighted by molar-refractivity contribution is 5.61. The summed E-state index contributed by atoms with van der Waals surface area (Å²) >= 11 is 0. The highest BCUT2D eigenvalue weighted by Gasteiger charge is 2.67. The molecular weight excluding hydrogens is 302 g/mol. The van der Waals surface area contributed by atoms with E-state index in [1.807, 2.05) is 12.2 Å². The standard InChI is InChI=1S/C20H23NO3/c1-3-9-21(2)10-8-20-13-5-7-16(23)19(20)24-18-15(22)6-4-12(17(18)20)11-14(13)21/h3-7,13-14,16,19,23H,1,8-11H2,2H3/p+1/t13?,14?,16-,19?,20-,21?/m1/s1. The third-order valence-electron chi connectivity index (χ3n) is 7.09. The van der Waals surface area contributed by atoms with Crippen LogP contribution in [-0.2, 0) is 11.8 Å². The molecular formula is C20H24NO3+. The summed E-state index contributed by atoms with van der Waals surface area (Å²) in [5, 5.41) is 20.9. The summed E-state index contributed by atoms with van der Waals surface area (Å²) in [6, 6.07) is 4.25. The Bertz CT molecular complexity index is 772. The van der Waals surface area contributed by atoms with E-state index in [4.69, 9.17) is 4.74 Å². The fourth-order valence-corrected chi connectivity index (χ4v) is 6.02. The van der Waals surface area contributed by atoms with Gasteiger partial charge in [-0.05, 0) is 17.7 Å². The zero-order valence-corrected chi connectivity index (χ0v) is 14.0. The molecule has 4 unspecified atom stereocenters. The monoisotopic (exact) mass is 326 g/mol. The van der Waals surface area contributed by atoms with E-state index in [1.54, 1.807) is 6.07 Å². The van der Waals surface area contributed by atoms with Crippen molar-refractivity contribution in [3.63, 3.8) is 0 Å². The molecule has 6 atom stereocenters. The summed E-state index contributed by atoms with van der Waals surface area (Å²) in [6.07, 6.45) is 7.20. The van der Waals surface area contributed by atoms with E-state index in [0.717, 1.165) is 30.4 Å². The second-order valence-corrected chi connectivity index (χ2v) is 8.12. The normalized spacial score (nSPS) is 43.9. The second kappa shape index (κ2) is 4.44. The number of quaternary nitrogens is 1. The van der Waals surface area contributed by atoms with Gasteiger partial charge in [0.1, 0.15) is 18.2 Å². The quantitative estimate of drug-likeness (QED) is 0.645. The van der Waals surface area contributed by atoms with E-state index in [0.29, 0.717) is 17.7 Å². The number of hydrogen-bond donors (Lipinski definition) is 2. The largest absolute Gasteiger partial charge is 0.504 e. The van der Waals surface area contributed by atoms with Gasteiger partial charge in [0.15, 0.2) is 11.5 Å². The van der Waals surface area contributed by atoms with Crippen molar-refractivity contribution in [3.05, 3.63) is 48.1 Å². The van der Waals surface area contributed by atoms with Gasteiger partial charge in [0, 0.05) is 24.3 Å². The van der Waals surface area contributed by atoms with E-state index in [2.05, 4.69) is 25.8 Å². The number of phenolic OH excluding ortho intramolecular Hbond substituents is 1. The maximum Gasteiger partial charge on any atom is 0.165 e. The van der Waals surface area contributed by atoms with Crippen LogP contribution >= 0.6 is 0 Å². The van der Waals surface area contributed by atoms with Gasteiger partial charge in [-0.2, -0.15) is 0 Å². The Morgan fingerprint density at radius 2 is 2.25 bits per heavy atom. The number of likely N-dealkylation sites (tertiary alicyclic amines) is 1. The molecule has 2 N–H and O–H groups in total. The number of aliphatic hydroxyl groups is 1. The van der Waals surface area contributed by atoms with Crippen LogP contribution in [0.15, 0.2) is 36.9 Å². The summed E-state index contributed by atoms with van der Waals surface area (Å²) in [6.45, 7) is 5.97. The molecule has 1 aromatic carbocycles. The lowest BCUT2D eigenvalue weighted by Crippen LogP contribution is -2.71. The lowest BCUT2D eigenvalue weighted by atomic mass is 9.52. The van der Waals surface area contributed by atoms with Crippen molar-refractivity contribution in [1.82, 2.24) is 0 Å². The molecule has 4 heteroatoms. The fourth-order valence-electron chi connectivity index (χ4n) is 6.02. The molecule has 2 heterocycles. The van der Waals surface area contributed by atoms with Crippen LogP contribution in [0, 0.1) is 5.92 Å². The van der Waals surface area contributed by atoms with Crippen LogP contribution in [0.25, 0.3) is 0 Å². The number of aliphatic hydroxyl groups excluding tert-OH is 1. The minimum Gasteiger partial charge on any atom is -0.504 e. The molecule has 4 aliphatic rings. The number of piperidine rings is 1. The molecule has 2 aliphatic carbocycles. The number of aromatic hydroxyl groups is 1. The summed E-state index contributed by atoms with van der Waals surface area (Å²) in [5.74, 6) is 1.15. The third-order valence-corrected chi connectivity index (χ3v) is 7.09. The van der Waals surface area contributed by atoms with Crippen LogP contribution in [0.3, 0.4) is 0 Å². The molecule has 0 aromatic heterocycles. The molecule has 2 bridgehead atoms. The van der Waals surface area contributed by atoms with Crippen molar-refractivity contribution in [2.45, 2.75) is 36.5 Å². The lowest BCUT2D eigenvalue weighted by molar-refractivity contribution is -0.938. The summed E-state index contributed by atoms with van der Waals surface area (Å²) in [5.41, 5.74) is 2.25. The maximum atomic E-state index is 10.6. The molecule has 24 heavy (non-hydrogen) atoms. The van der Waals surface area contributed by atoms with Gasteiger partial charge in [-0.25, -0.2) is 0 Å². The van der Waals surface area contributed by atoms with Crippen molar-refractivity contribution in [2.24, 2.45) is 5.92 Å². The van der Waals surface area contributed by atoms with Crippen LogP contribution in [0.5, 0.6) is 11.5 Å². The van der Waals surface area contributed by atoms with E-state index in [9.17, 15) is 10.2 Å². The Labute approximate surface area is 142 Å². The molecule has 4 nitrogen and oxygen atoms in total. The zero-order chi connectivity index (χ0) is 16.7. The maximum absolute atomic E-state index is 10.6. The van der Waals surface area contributed by atoms with E-state index in [-0.39, 0.29) is 17.3 Å². The molecule has 0 amide bonds. The second-order valence-electron chi connectivity index (χ2n) is 8.12. The molecule has 5 rings (SSSR count). The first kappa shape index (κ1) is 14.6. The minimum atomic E-state index is -0.615. The predicted molar refractivity (Wildman–Crippen MR) is 91.1 cm³/mol. The Balaban J connectivity index is 1.78. The zero-order valence-electron chi connectivity index (χ0n) is 14.0. The van der Waals surface area contributed by atoms with Gasteiger partial charge in [-0.3, -0.25) is 0 Å². The molecule has 126 valence electrons. The molecule has 2 aliphatic heterocycles. The minimum absolute atomic E-state index is 0.195. The van der Waals surface area contributed by atoms with E-state index in [1.165, 1.54) is 11.1 Å². The summed E-state index contributed by atoms with van der Waals surface area (Å²) in [7, 11) is 2.33. The van der Waals surface area contributed by atoms with Crippen molar-refractivity contribution in [3.8, 4) is 11.5 Å². The first-order valence-electron chi connectivity index (χ1n) is 8.85. The Morgan fingerprint density at radius 3 is 3.04 bits per heavy atom. The van der Waals surface area contributed by atoms with Gasteiger partial charge in [0.2, 0.25) is 0 Å². The number of rotatable bonds is 2. The molecule has 1 fully saturated rings.